The molecule has 0 aromatic heterocycles. The lowest BCUT2D eigenvalue weighted by atomic mass is 10.3. The zero-order valence-corrected chi connectivity index (χ0v) is 13.2. The number of carbonyl (C=O) groups excluding carboxylic acids is 2. The minimum absolute atomic E-state index is 0.0494. The largest absolute Gasteiger partial charge is 0.338 e. The quantitative estimate of drug-likeness (QED) is 0.730. The van der Waals surface area contributed by atoms with E-state index in [0.717, 1.165) is 0 Å². The number of hydrogen-bond donors (Lipinski definition) is 3. The van der Waals surface area contributed by atoms with Crippen LogP contribution in [-0.2, 0) is 14.6 Å². The van der Waals surface area contributed by atoms with Gasteiger partial charge in [-0.15, -0.1) is 0 Å². The lowest BCUT2D eigenvalue weighted by Crippen LogP contribution is -2.43. The van der Waals surface area contributed by atoms with Gasteiger partial charge in [-0.05, 0) is 30.7 Å². The third kappa shape index (κ3) is 5.85. The maximum Gasteiger partial charge on any atom is 0.315 e. The second-order valence-electron chi connectivity index (χ2n) is 5.31. The van der Waals surface area contributed by atoms with Crippen molar-refractivity contribution in [3.05, 3.63) is 30.1 Å². The Balaban J connectivity index is 1.65. The fourth-order valence-corrected chi connectivity index (χ4v) is 3.86. The van der Waals surface area contributed by atoms with Gasteiger partial charge < -0.3 is 16.0 Å². The molecular weight excluding hydrogens is 325 g/mol. The predicted molar refractivity (Wildman–Crippen MR) is 83.2 cm³/mol. The van der Waals surface area contributed by atoms with E-state index in [-0.39, 0.29) is 36.4 Å². The Kier molecular flexibility index (Phi) is 5.54. The molecule has 0 unspecified atom stereocenters. The van der Waals surface area contributed by atoms with Gasteiger partial charge in [-0.2, -0.15) is 0 Å². The molecule has 1 aromatic carbocycles. The van der Waals surface area contributed by atoms with Gasteiger partial charge in [-0.1, -0.05) is 0 Å². The molecule has 7 nitrogen and oxygen atoms in total. The van der Waals surface area contributed by atoms with Crippen molar-refractivity contribution in [2.45, 2.75) is 18.9 Å². The Morgan fingerprint density at radius 1 is 1.22 bits per heavy atom. The first kappa shape index (κ1) is 17.2. The van der Waals surface area contributed by atoms with Crippen LogP contribution in [-0.4, -0.2) is 44.4 Å². The summed E-state index contributed by atoms with van der Waals surface area (Å²) in [6.07, 6.45) is 0.453. The molecule has 3 N–H and O–H groups in total. The first-order valence-corrected chi connectivity index (χ1v) is 8.96. The smallest absolute Gasteiger partial charge is 0.315 e. The summed E-state index contributed by atoms with van der Waals surface area (Å²) < 4.78 is 35.3. The van der Waals surface area contributed by atoms with Gasteiger partial charge in [0, 0.05) is 24.7 Å². The summed E-state index contributed by atoms with van der Waals surface area (Å²) in [6.45, 7) is 0.109. The Morgan fingerprint density at radius 2 is 1.91 bits per heavy atom. The van der Waals surface area contributed by atoms with Crippen molar-refractivity contribution in [1.29, 1.82) is 0 Å². The molecule has 1 saturated heterocycles. The van der Waals surface area contributed by atoms with E-state index >= 15 is 0 Å². The average Bonchev–Trinajstić information content (AvgIpc) is 2.80. The zero-order valence-electron chi connectivity index (χ0n) is 12.3. The summed E-state index contributed by atoms with van der Waals surface area (Å²) in [4.78, 5) is 23.2. The van der Waals surface area contributed by atoms with Crippen molar-refractivity contribution in [1.82, 2.24) is 10.6 Å². The lowest BCUT2D eigenvalue weighted by molar-refractivity contribution is -0.116. The van der Waals surface area contributed by atoms with E-state index in [1.165, 1.54) is 24.3 Å². The summed E-state index contributed by atoms with van der Waals surface area (Å²) in [5.74, 6) is -0.681. The van der Waals surface area contributed by atoms with E-state index in [1.807, 2.05) is 0 Å². The van der Waals surface area contributed by atoms with Crippen molar-refractivity contribution in [3.63, 3.8) is 0 Å². The van der Waals surface area contributed by atoms with Crippen LogP contribution in [0.5, 0.6) is 0 Å². The van der Waals surface area contributed by atoms with Gasteiger partial charge in [0.05, 0.1) is 11.5 Å². The third-order valence-corrected chi connectivity index (χ3v) is 5.10. The monoisotopic (exact) mass is 343 g/mol. The van der Waals surface area contributed by atoms with Crippen LogP contribution in [0.4, 0.5) is 14.9 Å². The highest BCUT2D eigenvalue weighted by Gasteiger charge is 2.28. The molecule has 1 aliphatic heterocycles. The van der Waals surface area contributed by atoms with Crippen molar-refractivity contribution in [3.8, 4) is 0 Å². The molecule has 0 bridgehead atoms. The van der Waals surface area contributed by atoms with Crippen molar-refractivity contribution in [2.75, 3.05) is 23.4 Å². The van der Waals surface area contributed by atoms with Crippen LogP contribution in [0.1, 0.15) is 12.8 Å². The standard InChI is InChI=1S/C14H18FN3O4S/c15-10-1-3-11(4-2-10)17-13(19)5-7-16-14(20)18-12-6-8-23(21,22)9-12/h1-4,12H,5-9H2,(H,17,19)(H2,16,18,20)/t12-/m0/s1. The van der Waals surface area contributed by atoms with Gasteiger partial charge in [0.1, 0.15) is 5.82 Å². The Labute approximate surface area is 133 Å². The number of urea groups is 1. The van der Waals surface area contributed by atoms with Gasteiger partial charge >= 0.3 is 6.03 Å². The second kappa shape index (κ2) is 7.40. The van der Waals surface area contributed by atoms with Crippen LogP contribution in [0.3, 0.4) is 0 Å². The molecule has 0 radical (unpaired) electrons. The molecule has 1 heterocycles. The number of benzene rings is 1. The fourth-order valence-electron chi connectivity index (χ4n) is 2.19. The minimum Gasteiger partial charge on any atom is -0.338 e. The summed E-state index contributed by atoms with van der Waals surface area (Å²) in [5, 5.41) is 7.63. The molecule has 1 aromatic rings. The molecule has 23 heavy (non-hydrogen) atoms. The normalized spacial score (nSPS) is 19.1. The molecule has 126 valence electrons. The fraction of sp³-hybridized carbons (Fsp3) is 0.429. The number of rotatable bonds is 5. The van der Waals surface area contributed by atoms with Crippen molar-refractivity contribution >= 4 is 27.5 Å². The van der Waals surface area contributed by atoms with Gasteiger partial charge in [-0.25, -0.2) is 17.6 Å². The van der Waals surface area contributed by atoms with Gasteiger partial charge in [0.2, 0.25) is 5.91 Å². The average molecular weight is 343 g/mol. The lowest BCUT2D eigenvalue weighted by Gasteiger charge is -2.12. The molecule has 1 aliphatic rings. The van der Waals surface area contributed by atoms with Gasteiger partial charge in [0.15, 0.2) is 9.84 Å². The van der Waals surface area contributed by atoms with E-state index in [4.69, 9.17) is 0 Å². The van der Waals surface area contributed by atoms with Crippen LogP contribution >= 0.6 is 0 Å². The number of amides is 3. The van der Waals surface area contributed by atoms with E-state index in [9.17, 15) is 22.4 Å². The number of halogens is 1. The first-order valence-electron chi connectivity index (χ1n) is 7.14. The summed E-state index contributed by atoms with van der Waals surface area (Å²) in [5.41, 5.74) is 0.469. The summed E-state index contributed by atoms with van der Waals surface area (Å²) >= 11 is 0. The number of anilines is 1. The first-order chi connectivity index (χ1) is 10.8. The Hall–Kier alpha value is -2.16. The van der Waals surface area contributed by atoms with E-state index in [2.05, 4.69) is 16.0 Å². The molecule has 0 saturated carbocycles. The van der Waals surface area contributed by atoms with Gasteiger partial charge in [0.25, 0.3) is 0 Å². The van der Waals surface area contributed by atoms with Crippen LogP contribution in [0.25, 0.3) is 0 Å². The third-order valence-electron chi connectivity index (χ3n) is 3.33. The predicted octanol–water partition coefficient (Wildman–Crippen LogP) is 0.641. The number of sulfone groups is 1. The van der Waals surface area contributed by atoms with Crippen molar-refractivity contribution < 1.29 is 22.4 Å². The molecular formula is C14H18FN3O4S. The van der Waals surface area contributed by atoms with E-state index in [0.29, 0.717) is 12.1 Å². The molecule has 9 heteroatoms. The maximum atomic E-state index is 12.7. The van der Waals surface area contributed by atoms with Crippen LogP contribution in [0.2, 0.25) is 0 Å². The zero-order chi connectivity index (χ0) is 16.9. The van der Waals surface area contributed by atoms with Crippen molar-refractivity contribution in [2.24, 2.45) is 0 Å². The Bertz CT molecular complexity index is 676. The summed E-state index contributed by atoms with van der Waals surface area (Å²) in [6, 6.07) is 4.46. The second-order valence-corrected chi connectivity index (χ2v) is 7.53. The molecule has 0 spiro atoms. The van der Waals surface area contributed by atoms with Crippen LogP contribution < -0.4 is 16.0 Å². The molecule has 3 amide bonds. The van der Waals surface area contributed by atoms with Crippen LogP contribution in [0.15, 0.2) is 24.3 Å². The highest BCUT2D eigenvalue weighted by atomic mass is 32.2. The van der Waals surface area contributed by atoms with E-state index < -0.39 is 21.7 Å². The maximum absolute atomic E-state index is 12.7. The number of hydrogen-bond acceptors (Lipinski definition) is 4. The van der Waals surface area contributed by atoms with Gasteiger partial charge in [-0.3, -0.25) is 4.79 Å². The molecule has 0 aliphatic carbocycles. The highest BCUT2D eigenvalue weighted by molar-refractivity contribution is 7.91. The van der Waals surface area contributed by atoms with E-state index in [1.54, 1.807) is 0 Å². The molecule has 2 rings (SSSR count). The Morgan fingerprint density at radius 3 is 2.52 bits per heavy atom. The number of carbonyl (C=O) groups is 2. The minimum atomic E-state index is -3.05. The molecule has 1 atom stereocenters. The highest BCUT2D eigenvalue weighted by Crippen LogP contribution is 2.11. The van der Waals surface area contributed by atoms with Crippen LogP contribution in [0, 0.1) is 5.82 Å². The number of nitrogens with one attached hydrogen (secondary N) is 3. The SMILES string of the molecule is O=C(CCNC(=O)N[C@H]1CCS(=O)(=O)C1)Nc1ccc(F)cc1. The topological polar surface area (TPSA) is 104 Å². The molecule has 1 fully saturated rings. The summed E-state index contributed by atoms with van der Waals surface area (Å²) in [7, 11) is -3.05.